The maximum atomic E-state index is 13.7. The summed E-state index contributed by atoms with van der Waals surface area (Å²) in [5.41, 5.74) is 9.56. The van der Waals surface area contributed by atoms with Gasteiger partial charge in [0.2, 0.25) is 17.7 Å². The normalized spacial score (nSPS) is 14.0. The lowest BCUT2D eigenvalue weighted by molar-refractivity contribution is -0.144. The minimum Gasteiger partial charge on any atom is -0.481 e. The van der Waals surface area contributed by atoms with Gasteiger partial charge in [-0.2, -0.15) is 0 Å². The molecule has 238 valence electrons. The van der Waals surface area contributed by atoms with Crippen molar-refractivity contribution < 1.29 is 34.2 Å². The number of amides is 3. The van der Waals surface area contributed by atoms with Gasteiger partial charge in [0.15, 0.2) is 0 Å². The number of aliphatic carboxylic acids is 2. The molecule has 4 aromatic rings. The summed E-state index contributed by atoms with van der Waals surface area (Å²) >= 11 is 0. The van der Waals surface area contributed by atoms with E-state index in [0.717, 1.165) is 27.4 Å². The highest BCUT2D eigenvalue weighted by molar-refractivity contribution is 5.95. The molecule has 0 spiro atoms. The van der Waals surface area contributed by atoms with Crippen molar-refractivity contribution in [2.24, 2.45) is 11.7 Å². The fraction of sp³-hybridized carbons (Fsp3) is 0.344. The second kappa shape index (κ2) is 14.5. The number of carboxylic acids is 2. The molecule has 2 aromatic heterocycles. The molecule has 45 heavy (non-hydrogen) atoms. The summed E-state index contributed by atoms with van der Waals surface area (Å²) in [7, 11) is 0. The van der Waals surface area contributed by atoms with Crippen molar-refractivity contribution in [1.29, 1.82) is 0 Å². The zero-order chi connectivity index (χ0) is 32.7. The van der Waals surface area contributed by atoms with Gasteiger partial charge in [0, 0.05) is 47.0 Å². The van der Waals surface area contributed by atoms with E-state index in [1.54, 1.807) is 26.2 Å². The lowest BCUT2D eigenvalue weighted by atomic mass is 10.0. The number of aromatic amines is 2. The van der Waals surface area contributed by atoms with E-state index in [-0.39, 0.29) is 19.3 Å². The third kappa shape index (κ3) is 8.26. The summed E-state index contributed by atoms with van der Waals surface area (Å²) in [6.07, 6.45) is 2.95. The van der Waals surface area contributed by atoms with Gasteiger partial charge >= 0.3 is 11.9 Å². The van der Waals surface area contributed by atoms with E-state index in [0.29, 0.717) is 5.56 Å². The Balaban J connectivity index is 1.57. The maximum absolute atomic E-state index is 13.7. The summed E-state index contributed by atoms with van der Waals surface area (Å²) < 4.78 is 0. The largest absolute Gasteiger partial charge is 0.481 e. The number of rotatable bonds is 15. The van der Waals surface area contributed by atoms with Crippen LogP contribution in [0.4, 0.5) is 0 Å². The number of aromatic nitrogens is 2. The number of carbonyl (C=O) groups is 5. The van der Waals surface area contributed by atoms with Gasteiger partial charge in [-0.1, -0.05) is 50.2 Å². The predicted molar refractivity (Wildman–Crippen MR) is 167 cm³/mol. The molecule has 4 unspecified atom stereocenters. The lowest BCUT2D eigenvalue weighted by Crippen LogP contribution is -2.58. The van der Waals surface area contributed by atoms with E-state index >= 15 is 0 Å². The van der Waals surface area contributed by atoms with Crippen molar-refractivity contribution >= 4 is 51.5 Å². The number of para-hydroxylation sites is 2. The minimum atomic E-state index is -1.38. The summed E-state index contributed by atoms with van der Waals surface area (Å²) in [6, 6.07) is 10.1. The van der Waals surface area contributed by atoms with E-state index < -0.39 is 66.2 Å². The molecule has 2 heterocycles. The van der Waals surface area contributed by atoms with Crippen molar-refractivity contribution in [2.75, 3.05) is 0 Å². The maximum Gasteiger partial charge on any atom is 0.326 e. The smallest absolute Gasteiger partial charge is 0.326 e. The molecule has 0 saturated carbocycles. The number of carbonyl (C=O) groups excluding carboxylic acids is 3. The minimum absolute atomic E-state index is 0.0262. The zero-order valence-corrected chi connectivity index (χ0v) is 25.0. The Labute approximate surface area is 258 Å². The van der Waals surface area contributed by atoms with Crippen LogP contribution in [0, 0.1) is 5.92 Å². The van der Waals surface area contributed by atoms with Crippen LogP contribution >= 0.6 is 0 Å². The molecule has 9 N–H and O–H groups in total. The molecule has 13 nitrogen and oxygen atoms in total. The van der Waals surface area contributed by atoms with Crippen LogP contribution in [0.15, 0.2) is 60.9 Å². The van der Waals surface area contributed by atoms with Crippen molar-refractivity contribution in [2.45, 2.75) is 63.7 Å². The first-order chi connectivity index (χ1) is 21.4. The Bertz CT molecular complexity index is 1690. The third-order valence-electron chi connectivity index (χ3n) is 7.69. The molecule has 0 aliphatic rings. The molecule has 0 saturated heterocycles. The van der Waals surface area contributed by atoms with E-state index in [9.17, 15) is 34.2 Å². The van der Waals surface area contributed by atoms with E-state index in [1.165, 1.54) is 0 Å². The summed E-state index contributed by atoms with van der Waals surface area (Å²) in [6.45, 7) is 3.21. The molecule has 2 aromatic carbocycles. The third-order valence-corrected chi connectivity index (χ3v) is 7.69. The molecule has 0 aliphatic heterocycles. The van der Waals surface area contributed by atoms with Crippen LogP contribution in [0.2, 0.25) is 0 Å². The summed E-state index contributed by atoms with van der Waals surface area (Å²) in [5, 5.41) is 28.2. The Morgan fingerprint density at radius 1 is 0.733 bits per heavy atom. The number of nitrogens with one attached hydrogen (secondary N) is 5. The average Bonchev–Trinajstić information content (AvgIpc) is 3.60. The van der Waals surface area contributed by atoms with Crippen LogP contribution in [0.25, 0.3) is 21.8 Å². The summed E-state index contributed by atoms with van der Waals surface area (Å²) in [5.74, 6) is -5.15. The molecule has 0 aliphatic carbocycles. The number of hydrogen-bond donors (Lipinski definition) is 8. The number of benzene rings is 2. The Hall–Kier alpha value is -5.17. The van der Waals surface area contributed by atoms with Crippen molar-refractivity contribution in [1.82, 2.24) is 25.9 Å². The highest BCUT2D eigenvalue weighted by Crippen LogP contribution is 2.21. The second-order valence-corrected chi connectivity index (χ2v) is 11.4. The SMILES string of the molecule is CC(C)C(NC(=O)C(CCC(=O)O)NC(=O)C(Cc1c[nH]c2ccccc12)NC(=O)C(N)Cc1c[nH]c2ccccc12)C(=O)O. The molecular formula is C32H38N6O7. The number of fused-ring (bicyclic) bond motifs is 2. The second-order valence-electron chi connectivity index (χ2n) is 11.4. The van der Waals surface area contributed by atoms with Gasteiger partial charge in [-0.3, -0.25) is 19.2 Å². The number of carboxylic acid groups (broad SMARTS) is 2. The molecule has 3 amide bonds. The van der Waals surface area contributed by atoms with Crippen LogP contribution in [-0.2, 0) is 36.8 Å². The van der Waals surface area contributed by atoms with Crippen molar-refractivity contribution in [3.63, 3.8) is 0 Å². The molecule has 0 fully saturated rings. The lowest BCUT2D eigenvalue weighted by Gasteiger charge is -2.26. The average molecular weight is 619 g/mol. The van der Waals surface area contributed by atoms with Crippen LogP contribution in [-0.4, -0.2) is 74.0 Å². The molecule has 0 radical (unpaired) electrons. The van der Waals surface area contributed by atoms with Gasteiger partial charge < -0.3 is 41.9 Å². The quantitative estimate of drug-likeness (QED) is 0.0980. The molecule has 4 atom stereocenters. The highest BCUT2D eigenvalue weighted by Gasteiger charge is 2.32. The molecule has 0 bridgehead atoms. The van der Waals surface area contributed by atoms with Crippen LogP contribution in [0.5, 0.6) is 0 Å². The van der Waals surface area contributed by atoms with E-state index in [2.05, 4.69) is 25.9 Å². The fourth-order valence-corrected chi connectivity index (χ4v) is 5.21. The van der Waals surface area contributed by atoms with Gasteiger partial charge in [-0.05, 0) is 42.0 Å². The fourth-order valence-electron chi connectivity index (χ4n) is 5.21. The number of nitrogens with two attached hydrogens (primary N) is 1. The van der Waals surface area contributed by atoms with Crippen LogP contribution in [0.3, 0.4) is 0 Å². The van der Waals surface area contributed by atoms with E-state index in [4.69, 9.17) is 5.73 Å². The van der Waals surface area contributed by atoms with Crippen LogP contribution < -0.4 is 21.7 Å². The van der Waals surface area contributed by atoms with Gasteiger partial charge in [-0.15, -0.1) is 0 Å². The Morgan fingerprint density at radius 2 is 1.24 bits per heavy atom. The van der Waals surface area contributed by atoms with Crippen LogP contribution in [0.1, 0.15) is 37.8 Å². The van der Waals surface area contributed by atoms with Gasteiger partial charge in [0.25, 0.3) is 0 Å². The first-order valence-electron chi connectivity index (χ1n) is 14.7. The molecular weight excluding hydrogens is 580 g/mol. The summed E-state index contributed by atoms with van der Waals surface area (Å²) in [4.78, 5) is 69.6. The van der Waals surface area contributed by atoms with Crippen molar-refractivity contribution in [3.8, 4) is 0 Å². The monoisotopic (exact) mass is 618 g/mol. The van der Waals surface area contributed by atoms with Gasteiger partial charge in [0.05, 0.1) is 6.04 Å². The van der Waals surface area contributed by atoms with Gasteiger partial charge in [-0.25, -0.2) is 4.79 Å². The van der Waals surface area contributed by atoms with Gasteiger partial charge in [0.1, 0.15) is 18.1 Å². The van der Waals surface area contributed by atoms with Crippen molar-refractivity contribution in [3.05, 3.63) is 72.1 Å². The predicted octanol–water partition coefficient (Wildman–Crippen LogP) is 1.82. The first kappa shape index (κ1) is 32.7. The first-order valence-corrected chi connectivity index (χ1v) is 14.7. The number of hydrogen-bond acceptors (Lipinski definition) is 6. The Kier molecular flexibility index (Phi) is 10.6. The molecule has 4 rings (SSSR count). The zero-order valence-electron chi connectivity index (χ0n) is 25.0. The molecule has 13 heteroatoms. The Morgan fingerprint density at radius 3 is 1.78 bits per heavy atom. The standard InChI is InChI=1S/C32H38N6O7/c1-17(2)28(32(44)45)38-30(42)25(11-12-27(39)40)36-31(43)26(14-19-16-35-24-10-6-4-8-21(19)24)37-29(41)22(33)13-18-15-34-23-9-5-3-7-20(18)23/h3-10,15-17,22,25-26,28,34-35H,11-14,33H2,1-2H3,(H,36,43)(H,37,41)(H,38,42)(H,39,40)(H,44,45). The topological polar surface area (TPSA) is 219 Å². The highest BCUT2D eigenvalue weighted by atomic mass is 16.4. The number of H-pyrrole nitrogens is 2. The van der Waals surface area contributed by atoms with E-state index in [1.807, 2.05) is 48.5 Å².